The maximum absolute atomic E-state index is 13.0. The maximum atomic E-state index is 13.0. The van der Waals surface area contributed by atoms with Gasteiger partial charge in [0.05, 0.1) is 6.42 Å². The molecule has 0 spiro atoms. The normalized spacial score (nSPS) is 16.6. The third-order valence-electron chi connectivity index (χ3n) is 2.93. The molecule has 1 saturated heterocycles. The van der Waals surface area contributed by atoms with E-state index in [4.69, 9.17) is 0 Å². The molecule has 5 heteroatoms. The molecule has 18 heavy (non-hydrogen) atoms. The standard InChI is InChI=1S/C13H16F2N2O/c14-11-6-10(7-12(15)9-11)8-13(18)16-17-4-2-1-3-5-17/h6-7,9H,1-5,8H2,(H,16,18). The number of carbonyl (C=O) groups excluding carboxylic acids is 1. The molecule has 0 aromatic heterocycles. The van der Waals surface area contributed by atoms with Gasteiger partial charge in [0.2, 0.25) is 5.91 Å². The first-order valence-electron chi connectivity index (χ1n) is 6.13. The zero-order valence-electron chi connectivity index (χ0n) is 10.1. The zero-order valence-corrected chi connectivity index (χ0v) is 10.1. The molecule has 0 aliphatic carbocycles. The van der Waals surface area contributed by atoms with Crippen LogP contribution in [0.1, 0.15) is 24.8 Å². The zero-order chi connectivity index (χ0) is 13.0. The van der Waals surface area contributed by atoms with E-state index in [0.717, 1.165) is 32.0 Å². The lowest BCUT2D eigenvalue weighted by Crippen LogP contribution is -2.45. The molecule has 1 amide bonds. The molecule has 2 rings (SSSR count). The van der Waals surface area contributed by atoms with Crippen molar-refractivity contribution in [2.24, 2.45) is 0 Å². The average Bonchev–Trinajstić information content (AvgIpc) is 2.28. The molecule has 0 radical (unpaired) electrons. The van der Waals surface area contributed by atoms with Gasteiger partial charge in [-0.1, -0.05) is 6.42 Å². The Labute approximate surface area is 105 Å². The van der Waals surface area contributed by atoms with E-state index in [1.165, 1.54) is 18.6 Å². The maximum Gasteiger partial charge on any atom is 0.238 e. The number of nitrogens with zero attached hydrogens (tertiary/aromatic N) is 1. The summed E-state index contributed by atoms with van der Waals surface area (Å²) in [6, 6.07) is 3.16. The summed E-state index contributed by atoms with van der Waals surface area (Å²) < 4.78 is 25.9. The predicted molar refractivity (Wildman–Crippen MR) is 63.6 cm³/mol. The second kappa shape index (κ2) is 5.91. The number of piperidine rings is 1. The van der Waals surface area contributed by atoms with E-state index in [0.29, 0.717) is 5.56 Å². The van der Waals surface area contributed by atoms with E-state index in [-0.39, 0.29) is 12.3 Å². The van der Waals surface area contributed by atoms with E-state index in [1.807, 2.05) is 5.01 Å². The van der Waals surface area contributed by atoms with Gasteiger partial charge in [0, 0.05) is 19.2 Å². The average molecular weight is 254 g/mol. The first-order chi connectivity index (χ1) is 8.63. The third-order valence-corrected chi connectivity index (χ3v) is 2.93. The number of carbonyl (C=O) groups is 1. The van der Waals surface area contributed by atoms with Crippen LogP contribution in [0.2, 0.25) is 0 Å². The lowest BCUT2D eigenvalue weighted by Gasteiger charge is -2.26. The fraction of sp³-hybridized carbons (Fsp3) is 0.462. The largest absolute Gasteiger partial charge is 0.289 e. The number of hydrogen-bond acceptors (Lipinski definition) is 2. The second-order valence-electron chi connectivity index (χ2n) is 4.54. The molecule has 0 unspecified atom stereocenters. The Hall–Kier alpha value is -1.49. The molecule has 0 atom stereocenters. The highest BCUT2D eigenvalue weighted by atomic mass is 19.1. The fourth-order valence-corrected chi connectivity index (χ4v) is 2.12. The summed E-state index contributed by atoms with van der Waals surface area (Å²) in [5.41, 5.74) is 3.10. The van der Waals surface area contributed by atoms with Gasteiger partial charge in [-0.25, -0.2) is 13.8 Å². The van der Waals surface area contributed by atoms with E-state index in [1.54, 1.807) is 0 Å². The fourth-order valence-electron chi connectivity index (χ4n) is 2.12. The molecule has 0 saturated carbocycles. The van der Waals surface area contributed by atoms with Crippen LogP contribution in [-0.4, -0.2) is 24.0 Å². The summed E-state index contributed by atoms with van der Waals surface area (Å²) >= 11 is 0. The first kappa shape index (κ1) is 13.0. The third kappa shape index (κ3) is 3.77. The summed E-state index contributed by atoms with van der Waals surface area (Å²) in [4.78, 5) is 11.7. The number of halogens is 2. The van der Waals surface area contributed by atoms with Crippen molar-refractivity contribution < 1.29 is 13.6 Å². The van der Waals surface area contributed by atoms with Crippen LogP contribution < -0.4 is 5.43 Å². The van der Waals surface area contributed by atoms with Crippen molar-refractivity contribution in [1.82, 2.24) is 10.4 Å². The Morgan fingerprint density at radius 1 is 1.11 bits per heavy atom. The van der Waals surface area contributed by atoms with Crippen molar-refractivity contribution in [3.63, 3.8) is 0 Å². The number of hydrogen-bond donors (Lipinski definition) is 1. The molecule has 1 heterocycles. The van der Waals surface area contributed by atoms with Crippen LogP contribution in [0.4, 0.5) is 8.78 Å². The monoisotopic (exact) mass is 254 g/mol. The van der Waals surface area contributed by atoms with Gasteiger partial charge in [-0.05, 0) is 30.5 Å². The molecule has 1 aromatic carbocycles. The minimum atomic E-state index is -0.657. The van der Waals surface area contributed by atoms with Gasteiger partial charge in [0.1, 0.15) is 11.6 Å². The number of benzene rings is 1. The predicted octanol–water partition coefficient (Wildman–Crippen LogP) is 2.02. The summed E-state index contributed by atoms with van der Waals surface area (Å²) in [5.74, 6) is -1.55. The lowest BCUT2D eigenvalue weighted by atomic mass is 10.1. The number of amides is 1. The molecule has 3 nitrogen and oxygen atoms in total. The molecule has 98 valence electrons. The van der Waals surface area contributed by atoms with Gasteiger partial charge in [0.15, 0.2) is 0 Å². The van der Waals surface area contributed by atoms with Crippen molar-refractivity contribution in [2.45, 2.75) is 25.7 Å². The summed E-state index contributed by atoms with van der Waals surface area (Å²) in [6.07, 6.45) is 3.30. The first-order valence-corrected chi connectivity index (χ1v) is 6.13. The number of nitrogens with one attached hydrogen (secondary N) is 1. The van der Waals surface area contributed by atoms with Crippen molar-refractivity contribution in [3.05, 3.63) is 35.4 Å². The van der Waals surface area contributed by atoms with Crippen molar-refractivity contribution in [2.75, 3.05) is 13.1 Å². The minimum absolute atomic E-state index is 0.00875. The molecule has 1 aliphatic rings. The van der Waals surface area contributed by atoms with E-state index < -0.39 is 11.6 Å². The Morgan fingerprint density at radius 2 is 1.72 bits per heavy atom. The molecule has 0 bridgehead atoms. The number of hydrazine groups is 1. The number of rotatable bonds is 3. The van der Waals surface area contributed by atoms with Crippen LogP contribution in [0.3, 0.4) is 0 Å². The molecular formula is C13H16F2N2O. The highest BCUT2D eigenvalue weighted by Crippen LogP contribution is 2.09. The van der Waals surface area contributed by atoms with Crippen molar-refractivity contribution >= 4 is 5.91 Å². The topological polar surface area (TPSA) is 32.3 Å². The Balaban J connectivity index is 1.89. The summed E-state index contributed by atoms with van der Waals surface area (Å²) in [6.45, 7) is 1.67. The summed E-state index contributed by atoms with van der Waals surface area (Å²) in [5, 5.41) is 1.86. The molecular weight excluding hydrogens is 238 g/mol. The van der Waals surface area contributed by atoms with E-state index >= 15 is 0 Å². The highest BCUT2D eigenvalue weighted by molar-refractivity contribution is 5.78. The Kier molecular flexibility index (Phi) is 4.25. The minimum Gasteiger partial charge on any atom is -0.289 e. The Morgan fingerprint density at radius 3 is 2.33 bits per heavy atom. The van der Waals surface area contributed by atoms with E-state index in [9.17, 15) is 13.6 Å². The van der Waals surface area contributed by atoms with Gasteiger partial charge >= 0.3 is 0 Å². The van der Waals surface area contributed by atoms with Crippen molar-refractivity contribution in [1.29, 1.82) is 0 Å². The highest BCUT2D eigenvalue weighted by Gasteiger charge is 2.13. The second-order valence-corrected chi connectivity index (χ2v) is 4.54. The van der Waals surface area contributed by atoms with Crippen LogP contribution in [0.5, 0.6) is 0 Å². The SMILES string of the molecule is O=C(Cc1cc(F)cc(F)c1)NN1CCCCC1. The van der Waals surface area contributed by atoms with Gasteiger partial charge in [0.25, 0.3) is 0 Å². The van der Waals surface area contributed by atoms with Gasteiger partial charge in [-0.15, -0.1) is 0 Å². The van der Waals surface area contributed by atoms with Gasteiger partial charge in [-0.3, -0.25) is 10.2 Å². The van der Waals surface area contributed by atoms with Gasteiger partial charge in [-0.2, -0.15) is 0 Å². The van der Waals surface area contributed by atoms with Crippen LogP contribution >= 0.6 is 0 Å². The van der Waals surface area contributed by atoms with Crippen LogP contribution in [0, 0.1) is 11.6 Å². The lowest BCUT2D eigenvalue weighted by molar-refractivity contribution is -0.125. The molecule has 1 fully saturated rings. The van der Waals surface area contributed by atoms with Crippen molar-refractivity contribution in [3.8, 4) is 0 Å². The van der Waals surface area contributed by atoms with Crippen LogP contribution in [-0.2, 0) is 11.2 Å². The van der Waals surface area contributed by atoms with Gasteiger partial charge < -0.3 is 0 Å². The molecule has 1 aliphatic heterocycles. The van der Waals surface area contributed by atoms with Crippen LogP contribution in [0.15, 0.2) is 18.2 Å². The van der Waals surface area contributed by atoms with E-state index in [2.05, 4.69) is 5.43 Å². The molecule has 1 aromatic rings. The van der Waals surface area contributed by atoms with Crippen LogP contribution in [0.25, 0.3) is 0 Å². The quantitative estimate of drug-likeness (QED) is 0.895. The molecule has 1 N–H and O–H groups in total. The smallest absolute Gasteiger partial charge is 0.238 e. The Bertz CT molecular complexity index is 411. The summed E-state index contributed by atoms with van der Waals surface area (Å²) in [7, 11) is 0.